The van der Waals surface area contributed by atoms with Crippen molar-refractivity contribution in [1.82, 2.24) is 21.2 Å². The van der Waals surface area contributed by atoms with Crippen LogP contribution in [0.4, 0.5) is 0 Å². The second kappa shape index (κ2) is 28.7. The van der Waals surface area contributed by atoms with E-state index in [0.29, 0.717) is 5.54 Å². The minimum Gasteiger partial charge on any atom is -0.358 e. The minimum atomic E-state index is -0.495. The van der Waals surface area contributed by atoms with Gasteiger partial charge in [0.1, 0.15) is 0 Å². The van der Waals surface area contributed by atoms with Crippen molar-refractivity contribution < 1.29 is 0 Å². The molecule has 0 aromatic rings. The summed E-state index contributed by atoms with van der Waals surface area (Å²) in [5.41, 5.74) is 0.437. The standard InChI is InChI=1S/2C6H19NSi2.C5H17NSi2.C4H15NSi2.C3H13NSi2/c1-6(2,3)7(8)9(4)5;1-5-6(2)7(8)9(3)4;1-5(2)6(7)8(3)4;1-4-5(6)7(2)3;1-4(5)6(2)3/h9H,1-5,8H3;6,9H,5H2,1-4,8H3;5,8H,1-4,7H3;7H,4H2,1-3,6H3;6H,1-3,5H3. The van der Waals surface area contributed by atoms with E-state index in [0.717, 1.165) is 12.1 Å². The summed E-state index contributed by atoms with van der Waals surface area (Å²) in [6.07, 6.45) is 1.31. The van der Waals surface area contributed by atoms with E-state index in [4.69, 9.17) is 0 Å². The fraction of sp³-hybridized carbons (Fsp3) is 1.00. The summed E-state index contributed by atoms with van der Waals surface area (Å²) in [5.74, 6) is 0. The molecule has 0 aromatic heterocycles. The summed E-state index contributed by atoms with van der Waals surface area (Å²) in [6, 6.07) is 1.65. The zero-order valence-electron chi connectivity index (χ0n) is 32.2. The normalized spacial score (nSPS) is 13.1. The van der Waals surface area contributed by atoms with E-state index in [1.165, 1.54) is 65.0 Å². The van der Waals surface area contributed by atoms with Gasteiger partial charge in [0.2, 0.25) is 0 Å². The highest BCUT2D eigenvalue weighted by atomic mass is 28.3. The van der Waals surface area contributed by atoms with Crippen LogP contribution in [0.5, 0.6) is 0 Å². The SMILES string of the molecule is CC(C)N([SiH3])[SiH](C)C.CCC(C)N([SiH3])[SiH](C)C.CCN([SiH3])[SiH](C)C.CN([SiH3])[SiH](C)C.C[SiH](C)N([SiH3])C(C)(C)C. The van der Waals surface area contributed by atoms with Crippen molar-refractivity contribution in [1.29, 1.82) is 0 Å². The van der Waals surface area contributed by atoms with Gasteiger partial charge < -0.3 is 21.2 Å². The molecule has 0 saturated heterocycles. The third-order valence-electron chi connectivity index (χ3n) is 7.98. The lowest BCUT2D eigenvalue weighted by molar-refractivity contribution is 0.377. The first-order valence-electron chi connectivity index (χ1n) is 15.9. The first-order chi connectivity index (χ1) is 17.3. The second-order valence-corrected chi connectivity index (χ2v) is 40.0. The molecule has 244 valence electrons. The van der Waals surface area contributed by atoms with Gasteiger partial charge in [-0.3, -0.25) is 0 Å². The van der Waals surface area contributed by atoms with Crippen molar-refractivity contribution in [2.75, 3.05) is 13.6 Å². The molecule has 15 heteroatoms. The van der Waals surface area contributed by atoms with Crippen molar-refractivity contribution in [2.45, 2.75) is 145 Å². The molecular formula is C24H83N5Si10. The van der Waals surface area contributed by atoms with E-state index >= 15 is 0 Å². The highest BCUT2D eigenvalue weighted by molar-refractivity contribution is 6.60. The molecule has 1 atom stereocenters. The fourth-order valence-corrected chi connectivity index (χ4v) is 7.60. The summed E-state index contributed by atoms with van der Waals surface area (Å²) in [6.45, 7) is 43.3. The molecule has 1 unspecified atom stereocenters. The summed E-state index contributed by atoms with van der Waals surface area (Å²) in [5, 5.41) is 0. The van der Waals surface area contributed by atoms with Crippen LogP contribution in [0.25, 0.3) is 0 Å². The number of hydrogen-bond acceptors (Lipinski definition) is 5. The molecule has 0 heterocycles. The maximum atomic E-state index is 2.67. The first kappa shape index (κ1) is 50.6. The third-order valence-corrected chi connectivity index (χ3v) is 38.2. The predicted octanol–water partition coefficient (Wildman–Crippen LogP) is -0.584. The van der Waals surface area contributed by atoms with Gasteiger partial charge in [0.25, 0.3) is 0 Å². The van der Waals surface area contributed by atoms with Crippen molar-refractivity contribution in [3.63, 3.8) is 0 Å². The highest BCUT2D eigenvalue weighted by Crippen LogP contribution is 2.10. The molecule has 0 saturated carbocycles. The fourth-order valence-electron chi connectivity index (χ4n) is 2.53. The smallest absolute Gasteiger partial charge is 0.0980 e. The Hall–Kier alpha value is 1.97. The van der Waals surface area contributed by atoms with Gasteiger partial charge in [-0.05, 0) is 58.4 Å². The van der Waals surface area contributed by atoms with E-state index in [-0.39, 0.29) is 17.9 Å². The Bertz CT molecular complexity index is 494. The lowest BCUT2D eigenvalue weighted by atomic mass is 10.1. The Labute approximate surface area is 274 Å². The Kier molecular flexibility index (Phi) is 37.3. The van der Waals surface area contributed by atoms with Gasteiger partial charge in [0.05, 0.1) is 96.8 Å². The maximum Gasteiger partial charge on any atom is 0.0980 e. The van der Waals surface area contributed by atoms with Gasteiger partial charge in [0.15, 0.2) is 0 Å². The van der Waals surface area contributed by atoms with Gasteiger partial charge in [0, 0.05) is 0 Å². The van der Waals surface area contributed by atoms with Crippen molar-refractivity contribution >= 4 is 96.8 Å². The molecule has 0 aromatic carbocycles. The highest BCUT2D eigenvalue weighted by Gasteiger charge is 2.18. The van der Waals surface area contributed by atoms with Gasteiger partial charge in [-0.2, -0.15) is 0 Å². The van der Waals surface area contributed by atoms with Gasteiger partial charge >= 0.3 is 0 Å². The van der Waals surface area contributed by atoms with Crippen LogP contribution in [0, 0.1) is 0 Å². The first-order valence-corrected chi connectivity index (χ1v) is 34.5. The molecule has 0 aliphatic heterocycles. The Balaban J connectivity index is -0.000000124. The molecule has 39 heavy (non-hydrogen) atoms. The van der Waals surface area contributed by atoms with E-state index in [1.54, 1.807) is 0 Å². The number of nitrogens with zero attached hydrogens (tertiary/aromatic N) is 5. The lowest BCUT2D eigenvalue weighted by Crippen LogP contribution is -2.46. The third kappa shape index (κ3) is 36.1. The Morgan fingerprint density at radius 2 is 0.923 bits per heavy atom. The Morgan fingerprint density at radius 1 is 0.590 bits per heavy atom. The molecule has 0 aliphatic rings. The molecule has 5 nitrogen and oxygen atoms in total. The number of hydrogen-bond donors (Lipinski definition) is 0. The molecule has 0 amide bonds. The van der Waals surface area contributed by atoms with Crippen LogP contribution >= 0.6 is 0 Å². The lowest BCUT2D eigenvalue weighted by Gasteiger charge is -2.35. The van der Waals surface area contributed by atoms with Crippen LogP contribution in [0.1, 0.15) is 61.8 Å². The van der Waals surface area contributed by atoms with Crippen LogP contribution in [0.15, 0.2) is 0 Å². The molecular weight excluding hydrogens is 639 g/mol. The summed E-state index contributed by atoms with van der Waals surface area (Å²) >= 11 is 0. The van der Waals surface area contributed by atoms with E-state index in [1.807, 2.05) is 0 Å². The molecule has 0 N–H and O–H groups in total. The van der Waals surface area contributed by atoms with Gasteiger partial charge in [-0.25, -0.2) is 0 Å². The summed E-state index contributed by atoms with van der Waals surface area (Å²) in [4.78, 5) is 0. The van der Waals surface area contributed by atoms with Crippen molar-refractivity contribution in [3.05, 3.63) is 0 Å². The predicted molar refractivity (Wildman–Crippen MR) is 224 cm³/mol. The van der Waals surface area contributed by atoms with E-state index in [2.05, 4.69) is 149 Å². The average Bonchev–Trinajstić information content (AvgIpc) is 2.81. The topological polar surface area (TPSA) is 16.2 Å². The zero-order valence-corrected chi connectivity index (χ0v) is 48.0. The maximum absolute atomic E-state index is 2.67. The quantitative estimate of drug-likeness (QED) is 0.296. The second-order valence-electron chi connectivity index (χ2n) is 14.0. The van der Waals surface area contributed by atoms with Crippen LogP contribution in [-0.2, 0) is 0 Å². The van der Waals surface area contributed by atoms with E-state index in [9.17, 15) is 0 Å². The molecule has 0 aliphatic carbocycles. The van der Waals surface area contributed by atoms with Crippen LogP contribution in [0.3, 0.4) is 0 Å². The molecule has 0 radical (unpaired) electrons. The minimum absolute atomic E-state index is 0.349. The van der Waals surface area contributed by atoms with Gasteiger partial charge in [-0.15, -0.1) is 0 Å². The zero-order chi connectivity index (χ0) is 32.8. The largest absolute Gasteiger partial charge is 0.358 e. The van der Waals surface area contributed by atoms with Crippen molar-refractivity contribution in [3.8, 4) is 0 Å². The molecule has 0 spiro atoms. The van der Waals surface area contributed by atoms with Crippen LogP contribution in [-0.4, -0.2) is 149 Å². The monoisotopic (exact) mass is 721 g/mol. The molecule has 0 bridgehead atoms. The van der Waals surface area contributed by atoms with E-state index < -0.39 is 26.9 Å². The number of rotatable bonds is 9. The molecule has 0 rings (SSSR count). The van der Waals surface area contributed by atoms with Crippen LogP contribution < -0.4 is 0 Å². The van der Waals surface area contributed by atoms with Crippen LogP contribution in [0.2, 0.25) is 65.5 Å². The Morgan fingerprint density at radius 3 is 0.949 bits per heavy atom. The average molecular weight is 723 g/mol. The summed E-state index contributed by atoms with van der Waals surface area (Å²) < 4.78 is 12.9. The summed E-state index contributed by atoms with van der Waals surface area (Å²) in [7, 11) is 6.37. The molecule has 0 fully saturated rings. The van der Waals surface area contributed by atoms with Gasteiger partial charge in [-0.1, -0.05) is 100 Å². The van der Waals surface area contributed by atoms with Crippen molar-refractivity contribution in [2.24, 2.45) is 0 Å².